The molecule has 118 valence electrons. The molecular formula is C16H21BFNO3. The molecule has 0 N–H and O–H groups in total. The van der Waals surface area contributed by atoms with Crippen molar-refractivity contribution in [3.63, 3.8) is 0 Å². The van der Waals surface area contributed by atoms with Gasteiger partial charge in [-0.2, -0.15) is 0 Å². The number of carbonyl (C=O) groups is 1. The van der Waals surface area contributed by atoms with Crippen molar-refractivity contribution in [3.05, 3.63) is 29.1 Å². The van der Waals surface area contributed by atoms with E-state index < -0.39 is 24.1 Å². The van der Waals surface area contributed by atoms with Gasteiger partial charge in [0.05, 0.1) is 11.2 Å². The number of likely N-dealkylation sites (N-methyl/N-ethyl adjacent to an activating group) is 1. The molecule has 1 saturated heterocycles. The Balaban J connectivity index is 2.07. The monoisotopic (exact) mass is 305 g/mol. The minimum Gasteiger partial charge on any atom is -0.399 e. The van der Waals surface area contributed by atoms with Gasteiger partial charge in [0, 0.05) is 19.2 Å². The fourth-order valence-electron chi connectivity index (χ4n) is 2.89. The molecule has 0 aliphatic carbocycles. The van der Waals surface area contributed by atoms with Crippen molar-refractivity contribution in [2.75, 3.05) is 13.6 Å². The zero-order chi connectivity index (χ0) is 16.3. The summed E-state index contributed by atoms with van der Waals surface area (Å²) in [5.41, 5.74) is 0.898. The molecule has 3 rings (SSSR count). The molecule has 2 heterocycles. The highest BCUT2D eigenvalue weighted by Gasteiger charge is 2.52. The molecule has 0 saturated carbocycles. The Hall–Kier alpha value is -1.40. The van der Waals surface area contributed by atoms with Crippen LogP contribution in [-0.4, -0.2) is 42.7 Å². The quantitative estimate of drug-likeness (QED) is 0.742. The molecule has 1 aromatic rings. The lowest BCUT2D eigenvalue weighted by Gasteiger charge is -2.32. The molecule has 6 heteroatoms. The van der Waals surface area contributed by atoms with E-state index >= 15 is 0 Å². The minimum absolute atomic E-state index is 0.154. The number of fused-ring (bicyclic) bond motifs is 1. The van der Waals surface area contributed by atoms with Gasteiger partial charge in [0.2, 0.25) is 0 Å². The Morgan fingerprint density at radius 3 is 2.36 bits per heavy atom. The average Bonchev–Trinajstić information content (AvgIpc) is 2.62. The smallest absolute Gasteiger partial charge is 0.399 e. The van der Waals surface area contributed by atoms with Crippen molar-refractivity contribution in [2.24, 2.45) is 0 Å². The first-order valence-electron chi connectivity index (χ1n) is 7.56. The third kappa shape index (κ3) is 2.25. The van der Waals surface area contributed by atoms with Gasteiger partial charge in [0.1, 0.15) is 5.82 Å². The number of hydrogen-bond donors (Lipinski definition) is 0. The predicted octanol–water partition coefficient (Wildman–Crippen LogP) is 1.75. The van der Waals surface area contributed by atoms with E-state index in [2.05, 4.69) is 0 Å². The first-order valence-corrected chi connectivity index (χ1v) is 7.56. The maximum Gasteiger partial charge on any atom is 0.495 e. The van der Waals surface area contributed by atoms with E-state index in [4.69, 9.17) is 9.31 Å². The van der Waals surface area contributed by atoms with Crippen LogP contribution in [0.5, 0.6) is 0 Å². The van der Waals surface area contributed by atoms with Crippen molar-refractivity contribution in [3.8, 4) is 0 Å². The van der Waals surface area contributed by atoms with E-state index in [0.29, 0.717) is 24.0 Å². The van der Waals surface area contributed by atoms with Crippen LogP contribution in [-0.2, 0) is 15.7 Å². The Morgan fingerprint density at radius 2 is 1.77 bits per heavy atom. The summed E-state index contributed by atoms with van der Waals surface area (Å²) in [6.45, 7) is 8.44. The fourth-order valence-corrected chi connectivity index (χ4v) is 2.89. The van der Waals surface area contributed by atoms with Crippen LogP contribution in [0.3, 0.4) is 0 Å². The Bertz CT molecular complexity index is 629. The summed E-state index contributed by atoms with van der Waals surface area (Å²) in [5, 5.41) is 0. The maximum atomic E-state index is 14.0. The minimum atomic E-state index is -0.648. The standard InChI is InChI=1S/C16H21BFNO3/c1-15(2)16(3,4)22-17(21-15)13-9-10(18)8-12-11(13)6-7-19(5)14(12)20/h8-9H,6-7H2,1-5H3. The number of benzene rings is 1. The molecule has 1 fully saturated rings. The van der Waals surface area contributed by atoms with E-state index in [-0.39, 0.29) is 5.91 Å². The van der Waals surface area contributed by atoms with Crippen LogP contribution in [0.15, 0.2) is 12.1 Å². The van der Waals surface area contributed by atoms with Gasteiger partial charge in [0.25, 0.3) is 5.91 Å². The summed E-state index contributed by atoms with van der Waals surface area (Å²) in [6.07, 6.45) is 0.678. The van der Waals surface area contributed by atoms with Gasteiger partial charge in [-0.15, -0.1) is 0 Å². The third-order valence-electron chi connectivity index (χ3n) is 5.03. The topological polar surface area (TPSA) is 38.8 Å². The first kappa shape index (κ1) is 15.5. The predicted molar refractivity (Wildman–Crippen MR) is 82.8 cm³/mol. The lowest BCUT2D eigenvalue weighted by atomic mass is 9.73. The highest BCUT2D eigenvalue weighted by molar-refractivity contribution is 6.62. The van der Waals surface area contributed by atoms with Crippen molar-refractivity contribution < 1.29 is 18.5 Å². The van der Waals surface area contributed by atoms with Crippen LogP contribution < -0.4 is 5.46 Å². The lowest BCUT2D eigenvalue weighted by Crippen LogP contribution is -2.43. The van der Waals surface area contributed by atoms with Crippen LogP contribution in [0.1, 0.15) is 43.6 Å². The molecule has 0 aromatic heterocycles. The van der Waals surface area contributed by atoms with Crippen LogP contribution in [0.25, 0.3) is 0 Å². The highest BCUT2D eigenvalue weighted by atomic mass is 19.1. The second-order valence-electron chi connectivity index (χ2n) is 7.09. The van der Waals surface area contributed by atoms with E-state index in [1.807, 2.05) is 27.7 Å². The summed E-state index contributed by atoms with van der Waals surface area (Å²) < 4.78 is 26.1. The Kier molecular flexibility index (Phi) is 3.38. The summed E-state index contributed by atoms with van der Waals surface area (Å²) in [7, 11) is 1.08. The highest BCUT2D eigenvalue weighted by Crippen LogP contribution is 2.37. The molecular weight excluding hydrogens is 284 g/mol. The second-order valence-corrected chi connectivity index (χ2v) is 7.09. The molecule has 2 aliphatic heterocycles. The van der Waals surface area contributed by atoms with E-state index in [9.17, 15) is 9.18 Å². The lowest BCUT2D eigenvalue weighted by molar-refractivity contribution is 0.00578. The zero-order valence-electron chi connectivity index (χ0n) is 13.7. The van der Waals surface area contributed by atoms with E-state index in [1.54, 1.807) is 11.9 Å². The average molecular weight is 305 g/mol. The molecule has 2 aliphatic rings. The summed E-state index contributed by atoms with van der Waals surface area (Å²) >= 11 is 0. The van der Waals surface area contributed by atoms with Gasteiger partial charge >= 0.3 is 7.12 Å². The SMILES string of the molecule is CN1CCc2c(B3OC(C)(C)C(C)(C)O3)cc(F)cc2C1=O. The molecule has 1 aromatic carbocycles. The van der Waals surface area contributed by atoms with Crippen molar-refractivity contribution in [1.29, 1.82) is 0 Å². The van der Waals surface area contributed by atoms with Crippen LogP contribution in [0, 0.1) is 5.82 Å². The summed E-state index contributed by atoms with van der Waals surface area (Å²) in [5.74, 6) is -0.592. The van der Waals surface area contributed by atoms with Gasteiger partial charge in [0.15, 0.2) is 0 Å². The van der Waals surface area contributed by atoms with Crippen molar-refractivity contribution >= 4 is 18.5 Å². The normalized spacial score (nSPS) is 22.9. The van der Waals surface area contributed by atoms with Crippen LogP contribution in [0.2, 0.25) is 0 Å². The molecule has 1 amide bonds. The van der Waals surface area contributed by atoms with E-state index in [0.717, 1.165) is 5.56 Å². The van der Waals surface area contributed by atoms with Gasteiger partial charge < -0.3 is 14.2 Å². The molecule has 4 nitrogen and oxygen atoms in total. The fraction of sp³-hybridized carbons (Fsp3) is 0.562. The van der Waals surface area contributed by atoms with Crippen LogP contribution >= 0.6 is 0 Å². The molecule has 0 unspecified atom stereocenters. The Labute approximate surface area is 130 Å². The molecule has 22 heavy (non-hydrogen) atoms. The number of nitrogens with zero attached hydrogens (tertiary/aromatic N) is 1. The number of rotatable bonds is 1. The van der Waals surface area contributed by atoms with Crippen molar-refractivity contribution in [1.82, 2.24) is 4.90 Å². The van der Waals surface area contributed by atoms with Crippen molar-refractivity contribution in [2.45, 2.75) is 45.3 Å². The van der Waals surface area contributed by atoms with Crippen LogP contribution in [0.4, 0.5) is 4.39 Å². The maximum absolute atomic E-state index is 14.0. The Morgan fingerprint density at radius 1 is 1.18 bits per heavy atom. The van der Waals surface area contributed by atoms with Gasteiger partial charge in [-0.25, -0.2) is 4.39 Å². The number of halogens is 1. The number of carbonyl (C=O) groups excluding carboxylic acids is 1. The van der Waals surface area contributed by atoms with E-state index in [1.165, 1.54) is 12.1 Å². The second kappa shape index (κ2) is 4.80. The zero-order valence-corrected chi connectivity index (χ0v) is 13.7. The molecule has 0 atom stereocenters. The largest absolute Gasteiger partial charge is 0.495 e. The summed E-state index contributed by atoms with van der Waals surface area (Å²) in [6, 6.07) is 2.74. The first-order chi connectivity index (χ1) is 10.1. The third-order valence-corrected chi connectivity index (χ3v) is 5.03. The molecule has 0 spiro atoms. The van der Waals surface area contributed by atoms with Gasteiger partial charge in [-0.3, -0.25) is 4.79 Å². The van der Waals surface area contributed by atoms with Gasteiger partial charge in [-0.05, 0) is 57.3 Å². The number of amides is 1. The summed E-state index contributed by atoms with van der Waals surface area (Å²) in [4.78, 5) is 13.9. The number of hydrogen-bond acceptors (Lipinski definition) is 3. The molecule has 0 bridgehead atoms. The molecule has 0 radical (unpaired) electrons. The van der Waals surface area contributed by atoms with Gasteiger partial charge in [-0.1, -0.05) is 0 Å².